The molecule has 0 heterocycles. The monoisotopic (exact) mass is 227 g/mol. The van der Waals surface area contributed by atoms with Crippen LogP contribution in [0.5, 0.6) is 0 Å². The van der Waals surface area contributed by atoms with Crippen molar-refractivity contribution in [3.8, 4) is 0 Å². The second-order valence-corrected chi connectivity index (χ2v) is 5.64. The van der Waals surface area contributed by atoms with E-state index in [1.165, 1.54) is 13.3 Å². The maximum atomic E-state index is 10.7. The molecule has 2 atom stereocenters. The maximum Gasteiger partial charge on any atom is 0.216 e. The van der Waals surface area contributed by atoms with Gasteiger partial charge in [0.25, 0.3) is 0 Å². The number of amides is 1. The molecule has 0 bridgehead atoms. The number of ether oxygens (including phenoxy) is 1. The van der Waals surface area contributed by atoms with E-state index in [-0.39, 0.29) is 5.91 Å². The van der Waals surface area contributed by atoms with Gasteiger partial charge in [0.2, 0.25) is 5.91 Å². The van der Waals surface area contributed by atoms with Gasteiger partial charge in [-0.1, -0.05) is 20.8 Å². The Morgan fingerprint density at radius 2 is 2.19 bits per heavy atom. The van der Waals surface area contributed by atoms with Gasteiger partial charge in [-0.3, -0.25) is 4.79 Å². The molecule has 0 spiro atoms. The Morgan fingerprint density at radius 3 is 2.75 bits per heavy atom. The number of hydrogen-bond donors (Lipinski definition) is 1. The van der Waals surface area contributed by atoms with Crippen molar-refractivity contribution in [1.29, 1.82) is 0 Å². The molecule has 3 nitrogen and oxygen atoms in total. The highest BCUT2D eigenvalue weighted by molar-refractivity contribution is 5.72. The van der Waals surface area contributed by atoms with Crippen LogP contribution in [0.2, 0.25) is 0 Å². The van der Waals surface area contributed by atoms with Gasteiger partial charge in [-0.05, 0) is 30.6 Å². The van der Waals surface area contributed by atoms with Crippen LogP contribution < -0.4 is 5.32 Å². The highest BCUT2D eigenvalue weighted by Crippen LogP contribution is 2.40. The zero-order valence-electron chi connectivity index (χ0n) is 11.0. The molecule has 0 aromatic heterocycles. The van der Waals surface area contributed by atoms with Crippen LogP contribution in [0.3, 0.4) is 0 Å². The van der Waals surface area contributed by atoms with Crippen molar-refractivity contribution in [2.75, 3.05) is 13.2 Å². The molecule has 1 aliphatic carbocycles. The van der Waals surface area contributed by atoms with Crippen molar-refractivity contribution >= 4 is 5.91 Å². The predicted molar refractivity (Wildman–Crippen MR) is 65.2 cm³/mol. The van der Waals surface area contributed by atoms with Gasteiger partial charge in [0.05, 0.1) is 12.7 Å². The van der Waals surface area contributed by atoms with E-state index in [1.807, 2.05) is 0 Å². The number of carbonyl (C=O) groups excluding carboxylic acids is 1. The van der Waals surface area contributed by atoms with Crippen LogP contribution in [-0.2, 0) is 9.53 Å². The van der Waals surface area contributed by atoms with Gasteiger partial charge in [0.1, 0.15) is 0 Å². The van der Waals surface area contributed by atoms with Gasteiger partial charge in [-0.15, -0.1) is 0 Å². The first-order valence-electron chi connectivity index (χ1n) is 6.28. The van der Waals surface area contributed by atoms with Crippen LogP contribution in [0, 0.1) is 11.3 Å². The summed E-state index contributed by atoms with van der Waals surface area (Å²) < 4.78 is 5.78. The molecule has 3 heteroatoms. The van der Waals surface area contributed by atoms with Crippen molar-refractivity contribution in [1.82, 2.24) is 5.32 Å². The Morgan fingerprint density at radius 1 is 1.50 bits per heavy atom. The zero-order chi connectivity index (χ0) is 12.2. The molecule has 0 radical (unpaired) electrons. The quantitative estimate of drug-likeness (QED) is 0.749. The van der Waals surface area contributed by atoms with Crippen LogP contribution in [0.15, 0.2) is 0 Å². The largest absolute Gasteiger partial charge is 0.376 e. The van der Waals surface area contributed by atoms with E-state index in [2.05, 4.69) is 26.1 Å². The zero-order valence-corrected chi connectivity index (χ0v) is 11.0. The fourth-order valence-corrected chi connectivity index (χ4v) is 2.21. The number of nitrogens with one attached hydrogen (secondary N) is 1. The lowest BCUT2D eigenvalue weighted by Crippen LogP contribution is -2.35. The van der Waals surface area contributed by atoms with Crippen LogP contribution in [0.1, 0.15) is 47.0 Å². The van der Waals surface area contributed by atoms with Crippen molar-refractivity contribution in [3.05, 3.63) is 0 Å². The summed E-state index contributed by atoms with van der Waals surface area (Å²) in [5.41, 5.74) is 0.456. The van der Waals surface area contributed by atoms with Crippen molar-refractivity contribution in [2.24, 2.45) is 11.3 Å². The Bertz CT molecular complexity index is 238. The molecule has 0 aliphatic heterocycles. The highest BCUT2D eigenvalue weighted by atomic mass is 16.5. The topological polar surface area (TPSA) is 38.3 Å². The highest BCUT2D eigenvalue weighted by Gasteiger charge is 2.33. The first-order valence-corrected chi connectivity index (χ1v) is 6.28. The third-order valence-corrected chi connectivity index (χ3v) is 3.89. The van der Waals surface area contributed by atoms with E-state index < -0.39 is 0 Å². The first kappa shape index (κ1) is 13.5. The molecule has 1 amide bonds. The minimum absolute atomic E-state index is 0.0155. The lowest BCUT2D eigenvalue weighted by molar-refractivity contribution is -0.119. The Kier molecular flexibility index (Phi) is 4.78. The van der Waals surface area contributed by atoms with Crippen LogP contribution in [0.4, 0.5) is 0 Å². The summed E-state index contributed by atoms with van der Waals surface area (Å²) in [6.45, 7) is 9.78. The molecule has 0 aromatic rings. The van der Waals surface area contributed by atoms with E-state index in [0.717, 1.165) is 12.8 Å². The third kappa shape index (κ3) is 4.12. The second kappa shape index (κ2) is 5.67. The molecule has 1 saturated carbocycles. The predicted octanol–water partition coefficient (Wildman–Crippen LogP) is 2.35. The lowest BCUT2D eigenvalue weighted by atomic mass is 9.69. The van der Waals surface area contributed by atoms with Gasteiger partial charge in [0, 0.05) is 13.5 Å². The molecule has 0 saturated heterocycles. The minimum Gasteiger partial charge on any atom is -0.376 e. The van der Waals surface area contributed by atoms with Gasteiger partial charge in [-0.2, -0.15) is 0 Å². The summed E-state index contributed by atoms with van der Waals surface area (Å²) in [4.78, 5) is 10.7. The molecule has 1 fully saturated rings. The fraction of sp³-hybridized carbons (Fsp3) is 0.923. The SMILES string of the molecule is CC(=O)NCCOC1CCC(C)(C)[C@@H](C)C1. The van der Waals surface area contributed by atoms with Crippen molar-refractivity contribution in [3.63, 3.8) is 0 Å². The van der Waals surface area contributed by atoms with Crippen LogP contribution in [-0.4, -0.2) is 25.2 Å². The number of rotatable bonds is 4. The van der Waals surface area contributed by atoms with E-state index in [4.69, 9.17) is 4.74 Å². The normalized spacial score (nSPS) is 28.8. The fourth-order valence-electron chi connectivity index (χ4n) is 2.21. The Balaban J connectivity index is 2.18. The molecule has 1 aliphatic rings. The van der Waals surface area contributed by atoms with Crippen molar-refractivity contribution < 1.29 is 9.53 Å². The molecular weight excluding hydrogens is 202 g/mol. The summed E-state index contributed by atoms with van der Waals surface area (Å²) >= 11 is 0. The van der Waals surface area contributed by atoms with E-state index in [1.54, 1.807) is 0 Å². The average molecular weight is 227 g/mol. The first-order chi connectivity index (χ1) is 7.42. The van der Waals surface area contributed by atoms with Gasteiger partial charge >= 0.3 is 0 Å². The summed E-state index contributed by atoms with van der Waals surface area (Å²) in [5.74, 6) is 0.730. The molecule has 16 heavy (non-hydrogen) atoms. The molecule has 94 valence electrons. The van der Waals surface area contributed by atoms with Crippen LogP contribution in [0.25, 0.3) is 0 Å². The van der Waals surface area contributed by atoms with Gasteiger partial charge in [0.15, 0.2) is 0 Å². The third-order valence-electron chi connectivity index (χ3n) is 3.89. The summed E-state index contributed by atoms with van der Waals surface area (Å²) in [5, 5.41) is 2.75. The molecular formula is C13H25NO2. The maximum absolute atomic E-state index is 10.7. The Hall–Kier alpha value is -0.570. The number of hydrogen-bond acceptors (Lipinski definition) is 2. The average Bonchev–Trinajstić information content (AvgIpc) is 2.18. The van der Waals surface area contributed by atoms with Gasteiger partial charge < -0.3 is 10.1 Å². The summed E-state index contributed by atoms with van der Waals surface area (Å²) in [7, 11) is 0. The molecule has 0 aromatic carbocycles. The second-order valence-electron chi connectivity index (χ2n) is 5.64. The Labute approximate surface area is 98.9 Å². The standard InChI is InChI=1S/C13H25NO2/c1-10-9-12(5-6-13(10,3)4)16-8-7-14-11(2)15/h10,12H,5-9H2,1-4H3,(H,14,15)/t10-,12?/m0/s1. The van der Waals surface area contributed by atoms with E-state index >= 15 is 0 Å². The molecule has 1 rings (SSSR count). The summed E-state index contributed by atoms with van der Waals surface area (Å²) in [6, 6.07) is 0. The van der Waals surface area contributed by atoms with E-state index in [9.17, 15) is 4.79 Å². The smallest absolute Gasteiger partial charge is 0.216 e. The lowest BCUT2D eigenvalue weighted by Gasteiger charge is -2.40. The van der Waals surface area contributed by atoms with Gasteiger partial charge in [-0.25, -0.2) is 0 Å². The van der Waals surface area contributed by atoms with Crippen molar-refractivity contribution in [2.45, 2.75) is 53.1 Å². The molecule has 1 N–H and O–H groups in total. The summed E-state index contributed by atoms with van der Waals surface area (Å²) in [6.07, 6.45) is 3.92. The number of carbonyl (C=O) groups is 1. The molecule has 1 unspecified atom stereocenters. The van der Waals surface area contributed by atoms with E-state index in [0.29, 0.717) is 30.6 Å². The minimum atomic E-state index is 0.0155. The van der Waals surface area contributed by atoms with Crippen LogP contribution >= 0.6 is 0 Å².